The molecular formula is C12H13N3O2S. The first kappa shape index (κ1) is 11.4. The summed E-state index contributed by atoms with van der Waals surface area (Å²) < 4.78 is 24.3. The Morgan fingerprint density at radius 2 is 2.33 bits per heavy atom. The first-order valence-electron chi connectivity index (χ1n) is 5.70. The zero-order valence-corrected chi connectivity index (χ0v) is 10.5. The van der Waals surface area contributed by atoms with Crippen molar-refractivity contribution in [3.05, 3.63) is 47.6 Å². The smallest absolute Gasteiger partial charge is 0.173 e. The van der Waals surface area contributed by atoms with E-state index in [1.165, 1.54) is 5.41 Å². The van der Waals surface area contributed by atoms with Crippen molar-refractivity contribution >= 4 is 15.4 Å². The second-order valence-electron chi connectivity index (χ2n) is 4.35. The van der Waals surface area contributed by atoms with Gasteiger partial charge in [-0.05, 0) is 12.1 Å². The maximum Gasteiger partial charge on any atom is 0.173 e. The van der Waals surface area contributed by atoms with E-state index < -0.39 is 9.84 Å². The molecule has 6 heteroatoms. The Morgan fingerprint density at radius 3 is 3.11 bits per heavy atom. The van der Waals surface area contributed by atoms with E-state index in [1.807, 2.05) is 24.4 Å². The van der Waals surface area contributed by atoms with Gasteiger partial charge in [0.25, 0.3) is 0 Å². The molecule has 1 atom stereocenters. The van der Waals surface area contributed by atoms with Crippen molar-refractivity contribution in [3.63, 3.8) is 0 Å². The molecule has 0 aliphatic carbocycles. The monoisotopic (exact) mass is 263 g/mol. The van der Waals surface area contributed by atoms with Crippen LogP contribution in [0.3, 0.4) is 0 Å². The summed E-state index contributed by atoms with van der Waals surface area (Å²) in [6.07, 6.45) is 5.38. The van der Waals surface area contributed by atoms with Crippen LogP contribution in [0.15, 0.2) is 42.1 Å². The number of sulfone groups is 1. The molecule has 2 aromatic rings. The van der Waals surface area contributed by atoms with Crippen molar-refractivity contribution in [2.45, 2.75) is 12.6 Å². The molecule has 18 heavy (non-hydrogen) atoms. The molecule has 2 aromatic heterocycles. The number of fused-ring (bicyclic) bond motifs is 1. The molecule has 0 saturated heterocycles. The number of nitrogens with one attached hydrogen (secondary N) is 1. The molecule has 0 radical (unpaired) electrons. The Bertz CT molecular complexity index is 703. The minimum Gasteiger partial charge on any atom is -0.305 e. The van der Waals surface area contributed by atoms with Gasteiger partial charge in [-0.2, -0.15) is 5.10 Å². The zero-order valence-electron chi connectivity index (χ0n) is 9.65. The summed E-state index contributed by atoms with van der Waals surface area (Å²) in [4.78, 5) is 0. The summed E-state index contributed by atoms with van der Waals surface area (Å²) in [7, 11) is -2.99. The van der Waals surface area contributed by atoms with Crippen LogP contribution in [0.5, 0.6) is 0 Å². The lowest BCUT2D eigenvalue weighted by Crippen LogP contribution is -2.29. The number of aromatic nitrogens is 2. The van der Waals surface area contributed by atoms with Gasteiger partial charge in [0.2, 0.25) is 0 Å². The van der Waals surface area contributed by atoms with Gasteiger partial charge in [0.1, 0.15) is 0 Å². The van der Waals surface area contributed by atoms with Crippen LogP contribution in [0, 0.1) is 0 Å². The topological polar surface area (TPSA) is 63.5 Å². The van der Waals surface area contributed by atoms with Crippen LogP contribution in [-0.2, 0) is 16.4 Å². The third-order valence-corrected chi connectivity index (χ3v) is 4.39. The predicted molar refractivity (Wildman–Crippen MR) is 68.7 cm³/mol. The van der Waals surface area contributed by atoms with Crippen molar-refractivity contribution in [2.24, 2.45) is 0 Å². The van der Waals surface area contributed by atoms with Crippen molar-refractivity contribution < 1.29 is 8.42 Å². The fourth-order valence-electron chi connectivity index (χ4n) is 2.07. The molecular weight excluding hydrogens is 250 g/mol. The summed E-state index contributed by atoms with van der Waals surface area (Å²) >= 11 is 0. The Hall–Kier alpha value is -1.66. The second kappa shape index (κ2) is 4.22. The largest absolute Gasteiger partial charge is 0.305 e. The van der Waals surface area contributed by atoms with E-state index in [4.69, 9.17) is 0 Å². The molecule has 1 unspecified atom stereocenters. The first-order valence-corrected chi connectivity index (χ1v) is 7.41. The highest BCUT2D eigenvalue weighted by atomic mass is 32.2. The molecule has 0 aromatic carbocycles. The minimum atomic E-state index is -2.99. The predicted octanol–water partition coefficient (Wildman–Crippen LogP) is 0.735. The van der Waals surface area contributed by atoms with Crippen molar-refractivity contribution in [1.29, 1.82) is 0 Å². The van der Waals surface area contributed by atoms with E-state index >= 15 is 0 Å². The third kappa shape index (κ3) is 2.16. The number of rotatable bonds is 3. The van der Waals surface area contributed by atoms with Crippen molar-refractivity contribution in [1.82, 2.24) is 14.9 Å². The maximum absolute atomic E-state index is 11.3. The molecule has 5 nitrogen and oxygen atoms in total. The van der Waals surface area contributed by atoms with Gasteiger partial charge in [-0.1, -0.05) is 12.1 Å². The quantitative estimate of drug-likeness (QED) is 0.887. The lowest BCUT2D eigenvalue weighted by molar-refractivity contribution is 0.591. The molecule has 0 bridgehead atoms. The molecule has 0 spiro atoms. The van der Waals surface area contributed by atoms with E-state index in [-0.39, 0.29) is 11.8 Å². The summed E-state index contributed by atoms with van der Waals surface area (Å²) in [5, 5.41) is 8.72. The average molecular weight is 263 g/mol. The lowest BCUT2D eigenvalue weighted by atomic mass is 10.2. The SMILES string of the molecule is O=S1(=O)C=CC(NCc2cnn3ccccc23)C1. The fraction of sp³-hybridized carbons (Fsp3) is 0.250. The van der Waals surface area contributed by atoms with Crippen molar-refractivity contribution in [2.75, 3.05) is 5.75 Å². The molecule has 3 heterocycles. The lowest BCUT2D eigenvalue weighted by Gasteiger charge is -2.08. The Labute approximate surface area is 105 Å². The summed E-state index contributed by atoms with van der Waals surface area (Å²) in [5.41, 5.74) is 2.10. The van der Waals surface area contributed by atoms with Gasteiger partial charge >= 0.3 is 0 Å². The molecule has 1 aliphatic heterocycles. The van der Waals surface area contributed by atoms with E-state index in [9.17, 15) is 8.42 Å². The average Bonchev–Trinajstić information content (AvgIpc) is 2.90. The van der Waals surface area contributed by atoms with Gasteiger partial charge in [-0.25, -0.2) is 12.9 Å². The van der Waals surface area contributed by atoms with Crippen LogP contribution in [-0.4, -0.2) is 29.8 Å². The normalized spacial score (nSPS) is 21.7. The number of pyridine rings is 1. The number of nitrogens with zero attached hydrogens (tertiary/aromatic N) is 2. The van der Waals surface area contributed by atoms with E-state index in [1.54, 1.807) is 16.8 Å². The summed E-state index contributed by atoms with van der Waals surface area (Å²) in [6, 6.07) is 5.77. The van der Waals surface area contributed by atoms with E-state index in [0.29, 0.717) is 6.54 Å². The standard InChI is InChI=1S/C12H13N3O2S/c16-18(17)6-4-11(9-18)13-7-10-8-14-15-5-2-1-3-12(10)15/h1-6,8,11,13H,7,9H2. The van der Waals surface area contributed by atoms with Crippen molar-refractivity contribution in [3.8, 4) is 0 Å². The summed E-state index contributed by atoms with van der Waals surface area (Å²) in [5.74, 6) is 0.145. The first-order chi connectivity index (χ1) is 8.64. The molecule has 0 fully saturated rings. The maximum atomic E-state index is 11.3. The van der Waals surface area contributed by atoms with Crippen LogP contribution in [0.2, 0.25) is 0 Å². The van der Waals surface area contributed by atoms with Crippen LogP contribution in [0.25, 0.3) is 5.52 Å². The molecule has 0 saturated carbocycles. The van der Waals surface area contributed by atoms with E-state index in [0.717, 1.165) is 11.1 Å². The minimum absolute atomic E-state index is 0.103. The zero-order chi connectivity index (χ0) is 12.6. The van der Waals surface area contributed by atoms with Crippen LogP contribution >= 0.6 is 0 Å². The van der Waals surface area contributed by atoms with Gasteiger partial charge in [-0.15, -0.1) is 0 Å². The fourth-order valence-corrected chi connectivity index (χ4v) is 3.34. The Balaban J connectivity index is 1.73. The van der Waals surface area contributed by atoms with Crippen LogP contribution in [0.4, 0.5) is 0 Å². The highest BCUT2D eigenvalue weighted by Gasteiger charge is 2.21. The highest BCUT2D eigenvalue weighted by Crippen LogP contribution is 2.12. The second-order valence-corrected chi connectivity index (χ2v) is 6.28. The number of hydrogen-bond acceptors (Lipinski definition) is 4. The van der Waals surface area contributed by atoms with Gasteiger partial charge in [0.05, 0.1) is 17.5 Å². The van der Waals surface area contributed by atoms with Gasteiger partial charge < -0.3 is 5.32 Å². The third-order valence-electron chi connectivity index (χ3n) is 2.99. The van der Waals surface area contributed by atoms with Gasteiger partial charge in [0, 0.05) is 29.8 Å². The van der Waals surface area contributed by atoms with Crippen LogP contribution < -0.4 is 5.32 Å². The van der Waals surface area contributed by atoms with Crippen LogP contribution in [0.1, 0.15) is 5.56 Å². The molecule has 94 valence electrons. The summed E-state index contributed by atoms with van der Waals surface area (Å²) in [6.45, 7) is 0.609. The number of hydrogen-bond donors (Lipinski definition) is 1. The molecule has 1 N–H and O–H groups in total. The molecule has 3 rings (SSSR count). The molecule has 1 aliphatic rings. The Kier molecular flexibility index (Phi) is 2.68. The Morgan fingerprint density at radius 1 is 1.44 bits per heavy atom. The van der Waals surface area contributed by atoms with Gasteiger partial charge in [0.15, 0.2) is 9.84 Å². The molecule has 0 amide bonds. The van der Waals surface area contributed by atoms with E-state index in [2.05, 4.69) is 10.4 Å². The van der Waals surface area contributed by atoms with Gasteiger partial charge in [-0.3, -0.25) is 0 Å². The highest BCUT2D eigenvalue weighted by molar-refractivity contribution is 7.94.